The Morgan fingerprint density at radius 2 is 2.25 bits per heavy atom. The van der Waals surface area contributed by atoms with Crippen LogP contribution in [-0.2, 0) is 0 Å². The Bertz CT molecular complexity index is 368. The van der Waals surface area contributed by atoms with E-state index in [2.05, 4.69) is 27.5 Å². The number of halogens is 1. The summed E-state index contributed by atoms with van der Waals surface area (Å²) < 4.78 is 0.976. The molecule has 1 amide bonds. The zero-order valence-electron chi connectivity index (χ0n) is 9.55. The lowest BCUT2D eigenvalue weighted by molar-refractivity contribution is 0.0953. The van der Waals surface area contributed by atoms with Crippen LogP contribution in [0.3, 0.4) is 0 Å². The average Bonchev–Trinajstić information content (AvgIpc) is 2.28. The van der Waals surface area contributed by atoms with Crippen LogP contribution in [0.4, 0.5) is 0 Å². The zero-order valence-corrected chi connectivity index (χ0v) is 12.0. The maximum Gasteiger partial charge on any atom is 0.251 e. The van der Waals surface area contributed by atoms with E-state index in [0.29, 0.717) is 5.56 Å². The van der Waals surface area contributed by atoms with Crippen molar-refractivity contribution in [3.8, 4) is 0 Å². The molecule has 0 aliphatic heterocycles. The number of rotatable bonds is 5. The zero-order chi connectivity index (χ0) is 12.0. The monoisotopic (exact) mass is 301 g/mol. The van der Waals surface area contributed by atoms with Crippen molar-refractivity contribution >= 4 is 33.6 Å². The summed E-state index contributed by atoms with van der Waals surface area (Å²) in [7, 11) is 0. The number of benzene rings is 1. The van der Waals surface area contributed by atoms with Gasteiger partial charge in [-0.05, 0) is 43.0 Å². The van der Waals surface area contributed by atoms with Gasteiger partial charge in [0.1, 0.15) is 0 Å². The van der Waals surface area contributed by atoms with Crippen LogP contribution < -0.4 is 5.32 Å². The minimum absolute atomic E-state index is 0.00167. The summed E-state index contributed by atoms with van der Waals surface area (Å²) in [5, 5.41) is 2.91. The highest BCUT2D eigenvalue weighted by Gasteiger charge is 2.05. The lowest BCUT2D eigenvalue weighted by Crippen LogP contribution is -2.24. The first-order valence-electron chi connectivity index (χ1n) is 5.18. The number of nitrogens with one attached hydrogen (secondary N) is 1. The van der Waals surface area contributed by atoms with Crippen LogP contribution in [-0.4, -0.2) is 24.5 Å². The van der Waals surface area contributed by atoms with Crippen LogP contribution in [0.1, 0.15) is 22.3 Å². The first-order chi connectivity index (χ1) is 7.65. The Morgan fingerprint density at radius 3 is 2.88 bits per heavy atom. The summed E-state index contributed by atoms with van der Waals surface area (Å²) in [6.45, 7) is 2.75. The third-order valence-corrected chi connectivity index (χ3v) is 3.80. The molecule has 0 fully saturated rings. The fraction of sp³-hybridized carbons (Fsp3) is 0.417. The fourth-order valence-electron chi connectivity index (χ4n) is 1.25. The smallest absolute Gasteiger partial charge is 0.251 e. The molecule has 0 unspecified atom stereocenters. The van der Waals surface area contributed by atoms with Crippen molar-refractivity contribution in [1.82, 2.24) is 5.32 Å². The van der Waals surface area contributed by atoms with Crippen LogP contribution in [0, 0.1) is 6.92 Å². The normalized spacial score (nSPS) is 10.2. The lowest BCUT2D eigenvalue weighted by atomic mass is 10.1. The first-order valence-corrected chi connectivity index (χ1v) is 7.37. The van der Waals surface area contributed by atoms with E-state index in [0.717, 1.165) is 28.8 Å². The van der Waals surface area contributed by atoms with Gasteiger partial charge in [0.2, 0.25) is 0 Å². The van der Waals surface area contributed by atoms with Gasteiger partial charge in [0.05, 0.1) is 0 Å². The van der Waals surface area contributed by atoms with Crippen molar-refractivity contribution in [3.63, 3.8) is 0 Å². The third kappa shape index (κ3) is 4.18. The van der Waals surface area contributed by atoms with Crippen molar-refractivity contribution in [1.29, 1.82) is 0 Å². The molecule has 1 aromatic carbocycles. The van der Waals surface area contributed by atoms with E-state index in [1.54, 1.807) is 11.8 Å². The maximum atomic E-state index is 11.7. The minimum atomic E-state index is 0.00167. The second-order valence-corrected chi connectivity index (χ2v) is 5.41. The summed E-state index contributed by atoms with van der Waals surface area (Å²) in [6, 6.07) is 5.66. The molecule has 0 aromatic heterocycles. The van der Waals surface area contributed by atoms with Crippen LogP contribution in [0.5, 0.6) is 0 Å². The molecule has 16 heavy (non-hydrogen) atoms. The number of thioether (sulfide) groups is 1. The first kappa shape index (κ1) is 13.6. The lowest BCUT2D eigenvalue weighted by Gasteiger charge is -2.06. The Hall–Kier alpha value is -0.480. The van der Waals surface area contributed by atoms with Gasteiger partial charge >= 0.3 is 0 Å². The average molecular weight is 302 g/mol. The van der Waals surface area contributed by atoms with Crippen molar-refractivity contribution in [3.05, 3.63) is 33.8 Å². The number of amides is 1. The van der Waals surface area contributed by atoms with Gasteiger partial charge in [-0.1, -0.05) is 22.0 Å². The molecule has 1 N–H and O–H groups in total. The van der Waals surface area contributed by atoms with Gasteiger partial charge in [0.25, 0.3) is 5.91 Å². The van der Waals surface area contributed by atoms with Gasteiger partial charge in [0.15, 0.2) is 0 Å². The second kappa shape index (κ2) is 6.97. The third-order valence-electron chi connectivity index (χ3n) is 2.24. The van der Waals surface area contributed by atoms with Gasteiger partial charge in [-0.25, -0.2) is 0 Å². The summed E-state index contributed by atoms with van der Waals surface area (Å²) in [6.07, 6.45) is 3.08. The number of hydrogen-bond donors (Lipinski definition) is 1. The van der Waals surface area contributed by atoms with Crippen LogP contribution in [0.25, 0.3) is 0 Å². The Balaban J connectivity index is 2.50. The molecule has 0 heterocycles. The molecule has 2 nitrogen and oxygen atoms in total. The quantitative estimate of drug-likeness (QED) is 0.846. The predicted molar refractivity (Wildman–Crippen MR) is 74.2 cm³/mol. The molecule has 0 spiro atoms. The number of hydrogen-bond acceptors (Lipinski definition) is 2. The van der Waals surface area contributed by atoms with Crippen LogP contribution in [0.15, 0.2) is 22.7 Å². The molecule has 0 atom stereocenters. The predicted octanol–water partition coefficient (Wildman–Crippen LogP) is 3.24. The standard InChI is InChI=1S/C12H16BrNOS/c1-9-4-5-10(8-11(9)13)12(15)14-6-3-7-16-2/h4-5,8H,3,6-7H2,1-2H3,(H,14,15). The van der Waals surface area contributed by atoms with Gasteiger partial charge in [0, 0.05) is 16.6 Å². The van der Waals surface area contributed by atoms with Crippen molar-refractivity contribution < 1.29 is 4.79 Å². The molecule has 88 valence electrons. The molecule has 0 saturated heterocycles. The number of aryl methyl sites for hydroxylation is 1. The molecule has 0 saturated carbocycles. The fourth-order valence-corrected chi connectivity index (χ4v) is 2.07. The molecular formula is C12H16BrNOS. The van der Waals surface area contributed by atoms with E-state index in [4.69, 9.17) is 0 Å². The Labute approximate surface area is 109 Å². The summed E-state index contributed by atoms with van der Waals surface area (Å²) in [4.78, 5) is 11.7. The molecule has 0 aliphatic rings. The van der Waals surface area contributed by atoms with E-state index >= 15 is 0 Å². The molecule has 0 aliphatic carbocycles. The molecule has 4 heteroatoms. The molecule has 0 radical (unpaired) electrons. The van der Waals surface area contributed by atoms with E-state index < -0.39 is 0 Å². The van der Waals surface area contributed by atoms with Crippen molar-refractivity contribution in [2.75, 3.05) is 18.6 Å². The van der Waals surface area contributed by atoms with Gasteiger partial charge in [-0.3, -0.25) is 4.79 Å². The van der Waals surface area contributed by atoms with Crippen LogP contribution in [0.2, 0.25) is 0 Å². The van der Waals surface area contributed by atoms with Gasteiger partial charge in [-0.2, -0.15) is 11.8 Å². The summed E-state index contributed by atoms with van der Waals surface area (Å²) >= 11 is 5.22. The van der Waals surface area contributed by atoms with Crippen molar-refractivity contribution in [2.24, 2.45) is 0 Å². The molecule has 0 bridgehead atoms. The summed E-state index contributed by atoms with van der Waals surface area (Å²) in [5.74, 6) is 1.08. The van der Waals surface area contributed by atoms with E-state index in [1.807, 2.05) is 25.1 Å². The van der Waals surface area contributed by atoms with Crippen molar-refractivity contribution in [2.45, 2.75) is 13.3 Å². The summed E-state index contributed by atoms with van der Waals surface area (Å²) in [5.41, 5.74) is 1.85. The van der Waals surface area contributed by atoms with Crippen LogP contribution >= 0.6 is 27.7 Å². The Kier molecular flexibility index (Phi) is 5.91. The largest absolute Gasteiger partial charge is 0.352 e. The molecular weight excluding hydrogens is 286 g/mol. The SMILES string of the molecule is CSCCCNC(=O)c1ccc(C)c(Br)c1. The highest BCUT2D eigenvalue weighted by Crippen LogP contribution is 2.17. The highest BCUT2D eigenvalue weighted by molar-refractivity contribution is 9.10. The number of carbonyl (C=O) groups is 1. The minimum Gasteiger partial charge on any atom is -0.352 e. The van der Waals surface area contributed by atoms with E-state index in [9.17, 15) is 4.79 Å². The molecule has 1 rings (SSSR count). The van der Waals surface area contributed by atoms with Gasteiger partial charge in [-0.15, -0.1) is 0 Å². The Morgan fingerprint density at radius 1 is 1.50 bits per heavy atom. The second-order valence-electron chi connectivity index (χ2n) is 3.57. The topological polar surface area (TPSA) is 29.1 Å². The van der Waals surface area contributed by atoms with E-state index in [1.165, 1.54) is 0 Å². The highest BCUT2D eigenvalue weighted by atomic mass is 79.9. The molecule has 1 aromatic rings. The number of carbonyl (C=O) groups excluding carboxylic acids is 1. The van der Waals surface area contributed by atoms with E-state index in [-0.39, 0.29) is 5.91 Å². The maximum absolute atomic E-state index is 11.7. The van der Waals surface area contributed by atoms with Gasteiger partial charge < -0.3 is 5.32 Å².